The molecule has 0 aliphatic rings. The van der Waals surface area contributed by atoms with Crippen LogP contribution in [-0.4, -0.2) is 51.4 Å². The van der Waals surface area contributed by atoms with Crippen molar-refractivity contribution in [2.24, 2.45) is 5.92 Å². The number of methoxy groups -OCH3 is 1. The molecule has 0 aromatic heterocycles. The maximum absolute atomic E-state index is 14.0. The van der Waals surface area contributed by atoms with Crippen LogP contribution in [0.15, 0.2) is 77.7 Å². The molecule has 0 spiro atoms. The van der Waals surface area contributed by atoms with Crippen LogP contribution in [0.1, 0.15) is 26.3 Å². The SMILES string of the molecule is COc1ccc(Cl)cc1N(CC(=O)N(Cc1ccccc1Cl)[C@@H](C)C(=O)NCC(C)C)S(=O)(=O)c1ccccc1. The minimum absolute atomic E-state index is 0.0132. The van der Waals surface area contributed by atoms with Gasteiger partial charge in [0.15, 0.2) is 0 Å². The minimum atomic E-state index is -4.26. The average molecular weight is 607 g/mol. The Morgan fingerprint density at radius 1 is 0.950 bits per heavy atom. The van der Waals surface area contributed by atoms with E-state index in [1.165, 1.54) is 36.3 Å². The van der Waals surface area contributed by atoms with Crippen molar-refractivity contribution in [1.82, 2.24) is 10.2 Å². The standard InChI is InChI=1S/C29H33Cl2N3O5S/c1-20(2)17-32-29(36)21(3)33(18-22-10-8-9-13-25(22)31)28(35)19-34(26-16-23(30)14-15-27(26)39-4)40(37,38)24-11-6-5-7-12-24/h5-16,20-21H,17-19H2,1-4H3,(H,32,36)/t21-/m0/s1. The van der Waals surface area contributed by atoms with Gasteiger partial charge in [-0.3, -0.25) is 13.9 Å². The van der Waals surface area contributed by atoms with Crippen LogP contribution in [-0.2, 0) is 26.2 Å². The number of halogens is 2. The fourth-order valence-corrected chi connectivity index (χ4v) is 5.74. The van der Waals surface area contributed by atoms with Gasteiger partial charge in [-0.05, 0) is 54.8 Å². The molecule has 0 aliphatic heterocycles. The van der Waals surface area contributed by atoms with Crippen LogP contribution < -0.4 is 14.4 Å². The first-order valence-electron chi connectivity index (χ1n) is 12.7. The van der Waals surface area contributed by atoms with E-state index in [-0.39, 0.29) is 39.7 Å². The number of amides is 2. The van der Waals surface area contributed by atoms with Crippen molar-refractivity contribution < 1.29 is 22.7 Å². The monoisotopic (exact) mass is 605 g/mol. The molecular formula is C29H33Cl2N3O5S. The molecule has 2 amide bonds. The van der Waals surface area contributed by atoms with E-state index < -0.39 is 28.5 Å². The first kappa shape index (κ1) is 31.3. The number of rotatable bonds is 12. The fourth-order valence-electron chi connectivity index (χ4n) is 3.94. The number of nitrogens with zero attached hydrogens (tertiary/aromatic N) is 2. The number of sulfonamides is 1. The van der Waals surface area contributed by atoms with Crippen molar-refractivity contribution in [3.8, 4) is 5.75 Å². The van der Waals surface area contributed by atoms with Gasteiger partial charge in [0.2, 0.25) is 11.8 Å². The van der Waals surface area contributed by atoms with Crippen LogP contribution in [0.4, 0.5) is 5.69 Å². The summed E-state index contributed by atoms with van der Waals surface area (Å²) in [5.74, 6) is -0.580. The summed E-state index contributed by atoms with van der Waals surface area (Å²) in [6.45, 7) is 5.30. The predicted molar refractivity (Wildman–Crippen MR) is 158 cm³/mol. The van der Waals surface area contributed by atoms with E-state index in [1.807, 2.05) is 13.8 Å². The number of anilines is 1. The molecule has 0 heterocycles. The van der Waals surface area contributed by atoms with Crippen LogP contribution in [0, 0.1) is 5.92 Å². The lowest BCUT2D eigenvalue weighted by atomic mass is 10.1. The number of hydrogen-bond donors (Lipinski definition) is 1. The third-order valence-electron chi connectivity index (χ3n) is 6.17. The van der Waals surface area contributed by atoms with Crippen LogP contribution in [0.5, 0.6) is 5.75 Å². The normalized spacial score (nSPS) is 12.1. The molecule has 40 heavy (non-hydrogen) atoms. The first-order valence-corrected chi connectivity index (χ1v) is 14.9. The molecule has 0 saturated heterocycles. The van der Waals surface area contributed by atoms with Gasteiger partial charge in [-0.2, -0.15) is 0 Å². The van der Waals surface area contributed by atoms with Crippen molar-refractivity contribution >= 4 is 50.7 Å². The van der Waals surface area contributed by atoms with Crippen molar-refractivity contribution in [1.29, 1.82) is 0 Å². The smallest absolute Gasteiger partial charge is 0.264 e. The summed E-state index contributed by atoms with van der Waals surface area (Å²) in [6, 6.07) is 18.3. The third-order valence-corrected chi connectivity index (χ3v) is 8.55. The summed E-state index contributed by atoms with van der Waals surface area (Å²) in [7, 11) is -2.86. The summed E-state index contributed by atoms with van der Waals surface area (Å²) < 4.78 is 34.2. The van der Waals surface area contributed by atoms with Crippen molar-refractivity contribution in [3.63, 3.8) is 0 Å². The topological polar surface area (TPSA) is 96.0 Å². The van der Waals surface area contributed by atoms with E-state index in [2.05, 4.69) is 5.32 Å². The first-order chi connectivity index (χ1) is 18.9. The van der Waals surface area contributed by atoms with E-state index in [1.54, 1.807) is 55.5 Å². The van der Waals surface area contributed by atoms with Crippen molar-refractivity contribution in [2.75, 3.05) is 24.5 Å². The number of ether oxygens (including phenoxy) is 1. The number of carbonyl (C=O) groups is 2. The maximum Gasteiger partial charge on any atom is 0.264 e. The average Bonchev–Trinajstić information content (AvgIpc) is 2.94. The molecule has 1 atom stereocenters. The molecule has 3 rings (SSSR count). The van der Waals surface area contributed by atoms with E-state index in [0.717, 1.165) is 4.31 Å². The van der Waals surface area contributed by atoms with Crippen LogP contribution in [0.25, 0.3) is 0 Å². The zero-order valence-corrected chi connectivity index (χ0v) is 25.1. The van der Waals surface area contributed by atoms with Gasteiger partial charge in [-0.15, -0.1) is 0 Å². The highest BCUT2D eigenvalue weighted by atomic mass is 35.5. The maximum atomic E-state index is 14.0. The molecule has 0 unspecified atom stereocenters. The molecule has 1 N–H and O–H groups in total. The number of benzene rings is 3. The molecule has 0 aliphatic carbocycles. The molecule has 8 nitrogen and oxygen atoms in total. The van der Waals surface area contributed by atoms with Gasteiger partial charge in [-0.1, -0.05) is 73.4 Å². The lowest BCUT2D eigenvalue weighted by Crippen LogP contribution is -2.51. The van der Waals surface area contributed by atoms with E-state index in [0.29, 0.717) is 17.1 Å². The van der Waals surface area contributed by atoms with E-state index >= 15 is 0 Å². The second-order valence-electron chi connectivity index (χ2n) is 9.57. The molecular weight excluding hydrogens is 573 g/mol. The zero-order valence-electron chi connectivity index (χ0n) is 22.8. The van der Waals surface area contributed by atoms with Crippen molar-refractivity contribution in [2.45, 2.75) is 38.3 Å². The second-order valence-corrected chi connectivity index (χ2v) is 12.3. The molecule has 0 radical (unpaired) electrons. The summed E-state index contributed by atoms with van der Waals surface area (Å²) in [4.78, 5) is 28.4. The van der Waals surface area contributed by atoms with Crippen LogP contribution in [0.2, 0.25) is 10.0 Å². The predicted octanol–water partition coefficient (Wildman–Crippen LogP) is 5.39. The summed E-state index contributed by atoms with van der Waals surface area (Å²) in [5.41, 5.74) is 0.695. The van der Waals surface area contributed by atoms with Gasteiger partial charge in [-0.25, -0.2) is 8.42 Å². The summed E-state index contributed by atoms with van der Waals surface area (Å²) in [6.07, 6.45) is 0. The Morgan fingerprint density at radius 3 is 2.23 bits per heavy atom. The Morgan fingerprint density at radius 2 is 1.60 bits per heavy atom. The Kier molecular flexibility index (Phi) is 10.8. The second kappa shape index (κ2) is 13.9. The van der Waals surface area contributed by atoms with E-state index in [4.69, 9.17) is 27.9 Å². The van der Waals surface area contributed by atoms with Gasteiger partial charge >= 0.3 is 0 Å². The Bertz CT molecular complexity index is 1430. The highest BCUT2D eigenvalue weighted by Gasteiger charge is 2.34. The number of hydrogen-bond acceptors (Lipinski definition) is 5. The molecule has 11 heteroatoms. The van der Waals surface area contributed by atoms with Gasteiger partial charge in [0, 0.05) is 23.1 Å². The van der Waals surface area contributed by atoms with Crippen LogP contribution >= 0.6 is 23.2 Å². The molecule has 3 aromatic rings. The Hall–Kier alpha value is -3.27. The number of nitrogens with one attached hydrogen (secondary N) is 1. The Labute approximate surface area is 245 Å². The van der Waals surface area contributed by atoms with Crippen molar-refractivity contribution in [3.05, 3.63) is 88.4 Å². The minimum Gasteiger partial charge on any atom is -0.495 e. The van der Waals surface area contributed by atoms with Gasteiger partial charge in [0.1, 0.15) is 18.3 Å². The largest absolute Gasteiger partial charge is 0.495 e. The van der Waals surface area contributed by atoms with Crippen LogP contribution in [0.3, 0.4) is 0 Å². The van der Waals surface area contributed by atoms with Gasteiger partial charge in [0.25, 0.3) is 10.0 Å². The highest BCUT2D eigenvalue weighted by Crippen LogP contribution is 2.35. The number of carbonyl (C=O) groups excluding carboxylic acids is 2. The summed E-state index contributed by atoms with van der Waals surface area (Å²) in [5, 5.41) is 3.52. The van der Waals surface area contributed by atoms with Gasteiger partial charge < -0.3 is 15.0 Å². The zero-order chi connectivity index (χ0) is 29.4. The summed E-state index contributed by atoms with van der Waals surface area (Å²) >= 11 is 12.6. The fraction of sp³-hybridized carbons (Fsp3) is 0.310. The van der Waals surface area contributed by atoms with Gasteiger partial charge in [0.05, 0.1) is 17.7 Å². The Balaban J connectivity index is 2.08. The lowest BCUT2D eigenvalue weighted by Gasteiger charge is -2.32. The molecule has 0 fully saturated rings. The quantitative estimate of drug-likeness (QED) is 0.299. The third kappa shape index (κ3) is 7.68. The lowest BCUT2D eigenvalue weighted by molar-refractivity contribution is -0.139. The van der Waals surface area contributed by atoms with E-state index in [9.17, 15) is 18.0 Å². The highest BCUT2D eigenvalue weighted by molar-refractivity contribution is 7.92. The molecule has 3 aromatic carbocycles. The molecule has 214 valence electrons. The molecule has 0 saturated carbocycles. The molecule has 0 bridgehead atoms.